The Hall–Kier alpha value is -2.50. The van der Waals surface area contributed by atoms with Gasteiger partial charge in [0.2, 0.25) is 0 Å². The van der Waals surface area contributed by atoms with Gasteiger partial charge in [-0.2, -0.15) is 0 Å². The summed E-state index contributed by atoms with van der Waals surface area (Å²) in [6, 6.07) is 0. The van der Waals surface area contributed by atoms with Gasteiger partial charge in [-0.15, -0.1) is 0 Å². The van der Waals surface area contributed by atoms with Crippen molar-refractivity contribution in [3.8, 4) is 0 Å². The molecule has 0 bridgehead atoms. The summed E-state index contributed by atoms with van der Waals surface area (Å²) in [7, 11) is 0. The van der Waals surface area contributed by atoms with E-state index in [1.807, 2.05) is 4.90 Å². The summed E-state index contributed by atoms with van der Waals surface area (Å²) in [5.74, 6) is -0.843. The summed E-state index contributed by atoms with van der Waals surface area (Å²) in [4.78, 5) is 47.6. The topological polar surface area (TPSA) is 149 Å². The lowest BCUT2D eigenvalue weighted by Gasteiger charge is -2.20. The highest BCUT2D eigenvalue weighted by atomic mass is 16.5. The highest BCUT2D eigenvalue weighted by Gasteiger charge is 2.11. The molecule has 0 aromatic rings. The van der Waals surface area contributed by atoms with E-state index in [1.165, 1.54) is 13.8 Å². The Morgan fingerprint density at radius 3 is 1.48 bits per heavy atom. The van der Waals surface area contributed by atoms with E-state index in [0.717, 1.165) is 77.0 Å². The van der Waals surface area contributed by atoms with Crippen molar-refractivity contribution in [3.63, 3.8) is 0 Å². The van der Waals surface area contributed by atoms with E-state index in [2.05, 4.69) is 12.2 Å². The van der Waals surface area contributed by atoms with Gasteiger partial charge in [0.15, 0.2) is 0 Å². The largest absolute Gasteiger partial charge is 0.466 e. The third-order valence-corrected chi connectivity index (χ3v) is 7.63. The van der Waals surface area contributed by atoms with Crippen LogP contribution in [0.5, 0.6) is 0 Å². The molecule has 0 aromatic carbocycles. The van der Waals surface area contributed by atoms with E-state index in [4.69, 9.17) is 24.1 Å². The van der Waals surface area contributed by atoms with Crippen LogP contribution in [-0.2, 0) is 38.1 Å². The first-order valence-corrected chi connectivity index (χ1v) is 17.5. The molecular formula is C35H63NO10. The first kappa shape index (κ1) is 43.5. The number of hydrogen-bond acceptors (Lipinski definition) is 11. The molecule has 1 atom stereocenters. The van der Waals surface area contributed by atoms with Crippen LogP contribution in [0.15, 0.2) is 12.2 Å². The predicted molar refractivity (Wildman–Crippen MR) is 177 cm³/mol. The standard InChI is InChI=1S/C35H63NO10/c1-31(39)43-27-20-33(19-25-37)21-28-45-34(41)17-15-13-11-9-7-5-3-4-6-8-10-12-14-16-18-35(42)46-30-24-36(22-26-38)23-29-44-32(2)40/h3-4,33,37-38H,5-30H2,1-2H3/b4-3+. The molecule has 0 saturated heterocycles. The number of esters is 4. The molecular weight excluding hydrogens is 594 g/mol. The minimum Gasteiger partial charge on any atom is -0.466 e. The Morgan fingerprint density at radius 1 is 0.543 bits per heavy atom. The van der Waals surface area contributed by atoms with E-state index in [0.29, 0.717) is 65.0 Å². The smallest absolute Gasteiger partial charge is 0.305 e. The van der Waals surface area contributed by atoms with Crippen molar-refractivity contribution < 1.29 is 48.3 Å². The minimum absolute atomic E-state index is 0.00685. The first-order valence-electron chi connectivity index (χ1n) is 17.5. The van der Waals surface area contributed by atoms with Crippen molar-refractivity contribution in [1.29, 1.82) is 0 Å². The number of unbranched alkanes of at least 4 members (excludes halogenated alkanes) is 10. The van der Waals surface area contributed by atoms with Gasteiger partial charge < -0.3 is 29.2 Å². The van der Waals surface area contributed by atoms with Crippen LogP contribution in [0.3, 0.4) is 0 Å². The number of nitrogens with zero attached hydrogens (tertiary/aromatic N) is 1. The molecule has 11 heteroatoms. The second-order valence-corrected chi connectivity index (χ2v) is 11.7. The molecule has 268 valence electrons. The third-order valence-electron chi connectivity index (χ3n) is 7.63. The maximum Gasteiger partial charge on any atom is 0.305 e. The van der Waals surface area contributed by atoms with Crippen molar-refractivity contribution in [3.05, 3.63) is 12.2 Å². The monoisotopic (exact) mass is 657 g/mol. The molecule has 0 aliphatic heterocycles. The highest BCUT2D eigenvalue weighted by Crippen LogP contribution is 2.15. The van der Waals surface area contributed by atoms with Crippen molar-refractivity contribution in [1.82, 2.24) is 4.90 Å². The molecule has 0 saturated carbocycles. The van der Waals surface area contributed by atoms with Gasteiger partial charge in [-0.25, -0.2) is 0 Å². The van der Waals surface area contributed by atoms with E-state index in [-0.39, 0.29) is 56.2 Å². The molecule has 0 radical (unpaired) electrons. The van der Waals surface area contributed by atoms with Gasteiger partial charge >= 0.3 is 23.9 Å². The number of rotatable bonds is 32. The summed E-state index contributed by atoms with van der Waals surface area (Å²) in [6.07, 6.45) is 20.0. The molecule has 0 amide bonds. The molecule has 46 heavy (non-hydrogen) atoms. The third kappa shape index (κ3) is 31.5. The fourth-order valence-corrected chi connectivity index (χ4v) is 4.91. The predicted octanol–water partition coefficient (Wildman–Crippen LogP) is 5.29. The Morgan fingerprint density at radius 2 is 0.978 bits per heavy atom. The van der Waals surface area contributed by atoms with Crippen molar-refractivity contribution in [2.75, 3.05) is 59.3 Å². The van der Waals surface area contributed by atoms with Gasteiger partial charge in [0.1, 0.15) is 13.2 Å². The fourth-order valence-electron chi connectivity index (χ4n) is 4.91. The van der Waals surface area contributed by atoms with E-state index >= 15 is 0 Å². The zero-order valence-corrected chi connectivity index (χ0v) is 28.7. The second kappa shape index (κ2) is 32.4. The van der Waals surface area contributed by atoms with Crippen LogP contribution < -0.4 is 0 Å². The normalized spacial score (nSPS) is 11.9. The fraction of sp³-hybridized carbons (Fsp3) is 0.829. The zero-order chi connectivity index (χ0) is 34.1. The molecule has 0 heterocycles. The number of aliphatic hydroxyl groups excluding tert-OH is 2. The lowest BCUT2D eigenvalue weighted by atomic mass is 9.99. The summed E-state index contributed by atoms with van der Waals surface area (Å²) in [6.45, 7) is 5.40. The number of carbonyl (C=O) groups excluding carboxylic acids is 4. The van der Waals surface area contributed by atoms with Crippen LogP contribution in [0, 0.1) is 5.92 Å². The van der Waals surface area contributed by atoms with Crippen molar-refractivity contribution >= 4 is 23.9 Å². The van der Waals surface area contributed by atoms with E-state index < -0.39 is 0 Å². The molecule has 0 fully saturated rings. The quantitative estimate of drug-likeness (QED) is 0.0421. The molecule has 0 aromatic heterocycles. The zero-order valence-electron chi connectivity index (χ0n) is 28.7. The Kier molecular flexibility index (Phi) is 30.7. The highest BCUT2D eigenvalue weighted by molar-refractivity contribution is 5.69. The van der Waals surface area contributed by atoms with Gasteiger partial charge in [0, 0.05) is 52.9 Å². The Balaban J connectivity index is 3.57. The SMILES string of the molecule is CC(=O)OCCC(CCO)CCOC(=O)CCCCCCC/C=C/CCCCCCCC(=O)OCCN(CCO)CCOC(C)=O. The van der Waals surface area contributed by atoms with Crippen molar-refractivity contribution in [2.45, 2.75) is 123 Å². The van der Waals surface area contributed by atoms with E-state index in [1.54, 1.807) is 0 Å². The Labute approximate surface area is 277 Å². The van der Waals surface area contributed by atoms with Gasteiger partial charge in [0.05, 0.1) is 19.8 Å². The number of aliphatic hydroxyl groups is 2. The van der Waals surface area contributed by atoms with Crippen LogP contribution >= 0.6 is 0 Å². The molecule has 0 spiro atoms. The molecule has 0 aliphatic carbocycles. The number of carbonyl (C=O) groups is 4. The van der Waals surface area contributed by atoms with E-state index in [9.17, 15) is 24.3 Å². The van der Waals surface area contributed by atoms with Crippen LogP contribution in [0.1, 0.15) is 123 Å². The van der Waals surface area contributed by atoms with Gasteiger partial charge in [-0.1, -0.05) is 50.7 Å². The van der Waals surface area contributed by atoms with Crippen LogP contribution in [-0.4, -0.2) is 98.3 Å². The van der Waals surface area contributed by atoms with Gasteiger partial charge in [-0.3, -0.25) is 24.1 Å². The number of allylic oxidation sites excluding steroid dienone is 2. The van der Waals surface area contributed by atoms with Crippen molar-refractivity contribution in [2.24, 2.45) is 5.92 Å². The Bertz CT molecular complexity index is 740. The lowest BCUT2D eigenvalue weighted by Crippen LogP contribution is -2.34. The van der Waals surface area contributed by atoms with Gasteiger partial charge in [-0.05, 0) is 63.7 Å². The maximum atomic E-state index is 12.0. The molecule has 1 unspecified atom stereocenters. The summed E-state index contributed by atoms with van der Waals surface area (Å²) < 4.78 is 20.5. The average Bonchev–Trinajstić information content (AvgIpc) is 3.00. The molecule has 0 rings (SSSR count). The summed E-state index contributed by atoms with van der Waals surface area (Å²) in [5.41, 5.74) is 0. The minimum atomic E-state index is -0.337. The lowest BCUT2D eigenvalue weighted by molar-refractivity contribution is -0.145. The number of ether oxygens (including phenoxy) is 4. The second-order valence-electron chi connectivity index (χ2n) is 11.7. The molecule has 11 nitrogen and oxygen atoms in total. The van der Waals surface area contributed by atoms with Crippen LogP contribution in [0.4, 0.5) is 0 Å². The summed E-state index contributed by atoms with van der Waals surface area (Å²) >= 11 is 0. The first-order chi connectivity index (χ1) is 22.3. The van der Waals surface area contributed by atoms with Crippen LogP contribution in [0.2, 0.25) is 0 Å². The maximum absolute atomic E-state index is 12.0. The van der Waals surface area contributed by atoms with Gasteiger partial charge in [0.25, 0.3) is 0 Å². The number of hydrogen-bond donors (Lipinski definition) is 2. The average molecular weight is 658 g/mol. The van der Waals surface area contributed by atoms with Crippen LogP contribution in [0.25, 0.3) is 0 Å². The molecule has 0 aliphatic rings. The molecule has 2 N–H and O–H groups in total. The summed E-state index contributed by atoms with van der Waals surface area (Å²) in [5, 5.41) is 18.3.